The van der Waals surface area contributed by atoms with Crippen LogP contribution in [0.5, 0.6) is 0 Å². The highest BCUT2D eigenvalue weighted by Gasteiger charge is 2.38. The zero-order valence-corrected chi connectivity index (χ0v) is 16.0. The molecule has 0 unspecified atom stereocenters. The molecule has 0 aliphatic heterocycles. The summed E-state index contributed by atoms with van der Waals surface area (Å²) in [5.74, 6) is 0.539. The summed E-state index contributed by atoms with van der Waals surface area (Å²) in [7, 11) is -1.97. The molecule has 1 aliphatic rings. The largest absolute Gasteiger partial charge is 0.301 e. The number of sulfone groups is 1. The first kappa shape index (κ1) is 17.2. The molecule has 0 saturated heterocycles. The maximum Gasteiger partial charge on any atom is 0.250 e. The molecule has 0 radical (unpaired) electrons. The minimum absolute atomic E-state index is 0.00756. The molecule has 0 saturated carbocycles. The van der Waals surface area contributed by atoms with Crippen molar-refractivity contribution in [3.05, 3.63) is 64.2 Å². The number of rotatable bonds is 3. The van der Waals surface area contributed by atoms with Crippen molar-refractivity contribution in [2.75, 3.05) is 0 Å². The lowest BCUT2D eigenvalue weighted by atomic mass is 10.1. The number of benzene rings is 2. The van der Waals surface area contributed by atoms with Crippen molar-refractivity contribution in [3.63, 3.8) is 0 Å². The number of nitrogens with zero attached hydrogens (tertiary/aromatic N) is 3. The molecule has 134 valence electrons. The lowest BCUT2D eigenvalue weighted by Crippen LogP contribution is -2.16. The Bertz CT molecular complexity index is 1110. The summed E-state index contributed by atoms with van der Waals surface area (Å²) in [4.78, 5) is 0. The van der Waals surface area contributed by atoms with Crippen LogP contribution < -0.4 is 0 Å². The van der Waals surface area contributed by atoms with E-state index < -0.39 is 15.1 Å². The maximum absolute atomic E-state index is 13.3. The first-order valence-corrected chi connectivity index (χ1v) is 10.3. The van der Waals surface area contributed by atoms with Crippen LogP contribution in [0.3, 0.4) is 0 Å². The van der Waals surface area contributed by atoms with Gasteiger partial charge >= 0.3 is 0 Å². The van der Waals surface area contributed by atoms with Crippen molar-refractivity contribution in [2.24, 2.45) is 7.05 Å². The molecule has 1 aromatic heterocycles. The molecule has 1 heterocycles. The predicted molar refractivity (Wildman–Crippen MR) is 101 cm³/mol. The standard InChI is InChI=1S/C19H18ClN3O2S/c1-12-5-3-6-13(11-12)18-21-22-19(23(18)2)26(24,25)17-10-9-14-15(17)7-4-8-16(14)20/h3-8,11,17H,9-10H2,1-2H3/t17-/m1/s1. The topological polar surface area (TPSA) is 64.8 Å². The molecule has 0 fully saturated rings. The zero-order chi connectivity index (χ0) is 18.5. The van der Waals surface area contributed by atoms with Crippen LogP contribution in [0.1, 0.15) is 28.4 Å². The smallest absolute Gasteiger partial charge is 0.250 e. The zero-order valence-electron chi connectivity index (χ0n) is 14.5. The second kappa shape index (κ2) is 6.21. The average Bonchev–Trinajstić information content (AvgIpc) is 3.20. The maximum atomic E-state index is 13.3. The van der Waals surface area contributed by atoms with Crippen LogP contribution in [0, 0.1) is 6.92 Å². The van der Waals surface area contributed by atoms with Gasteiger partial charge in [0.15, 0.2) is 5.82 Å². The van der Waals surface area contributed by atoms with E-state index in [0.29, 0.717) is 23.7 Å². The fourth-order valence-electron chi connectivity index (χ4n) is 3.62. The number of halogens is 1. The highest BCUT2D eigenvalue weighted by Crippen LogP contribution is 2.42. The van der Waals surface area contributed by atoms with Crippen molar-refractivity contribution in [2.45, 2.75) is 30.2 Å². The third-order valence-corrected chi connectivity index (χ3v) is 7.36. The van der Waals surface area contributed by atoms with Gasteiger partial charge in [-0.1, -0.05) is 47.5 Å². The van der Waals surface area contributed by atoms with Gasteiger partial charge < -0.3 is 4.57 Å². The number of aromatic nitrogens is 3. The minimum atomic E-state index is -3.67. The molecule has 5 nitrogen and oxygen atoms in total. The normalized spacial score (nSPS) is 16.7. The Balaban J connectivity index is 1.79. The first-order valence-electron chi connectivity index (χ1n) is 8.37. The predicted octanol–water partition coefficient (Wildman–Crippen LogP) is 3.91. The summed E-state index contributed by atoms with van der Waals surface area (Å²) >= 11 is 6.23. The summed E-state index contributed by atoms with van der Waals surface area (Å²) in [5.41, 5.74) is 3.62. The Morgan fingerprint density at radius 2 is 1.92 bits per heavy atom. The van der Waals surface area contributed by atoms with E-state index in [9.17, 15) is 8.42 Å². The average molecular weight is 388 g/mol. The Kier molecular flexibility index (Phi) is 4.12. The molecule has 7 heteroatoms. The monoisotopic (exact) mass is 387 g/mol. The van der Waals surface area contributed by atoms with Crippen molar-refractivity contribution < 1.29 is 8.42 Å². The van der Waals surface area contributed by atoms with Crippen molar-refractivity contribution in [1.29, 1.82) is 0 Å². The molecular formula is C19H18ClN3O2S. The Labute approximate surface area is 157 Å². The van der Waals surface area contributed by atoms with Gasteiger partial charge in [0.1, 0.15) is 0 Å². The minimum Gasteiger partial charge on any atom is -0.301 e. The van der Waals surface area contributed by atoms with Gasteiger partial charge in [0.2, 0.25) is 15.0 Å². The molecular weight excluding hydrogens is 370 g/mol. The van der Waals surface area contributed by atoms with Crippen LogP contribution >= 0.6 is 11.6 Å². The van der Waals surface area contributed by atoms with Crippen LogP contribution in [0.2, 0.25) is 5.02 Å². The molecule has 3 aromatic rings. The van der Waals surface area contributed by atoms with Crippen LogP contribution in [0.25, 0.3) is 11.4 Å². The van der Waals surface area contributed by atoms with Gasteiger partial charge in [-0.2, -0.15) is 0 Å². The fraction of sp³-hybridized carbons (Fsp3) is 0.263. The molecule has 1 aliphatic carbocycles. The second-order valence-electron chi connectivity index (χ2n) is 6.61. The van der Waals surface area contributed by atoms with Crippen molar-refractivity contribution in [3.8, 4) is 11.4 Å². The van der Waals surface area contributed by atoms with E-state index in [1.54, 1.807) is 23.7 Å². The van der Waals surface area contributed by atoms with E-state index in [2.05, 4.69) is 10.2 Å². The van der Waals surface area contributed by atoms with Crippen molar-refractivity contribution >= 4 is 21.4 Å². The highest BCUT2D eigenvalue weighted by atomic mass is 35.5. The van der Waals surface area contributed by atoms with Crippen LogP contribution in [0.15, 0.2) is 47.6 Å². The van der Waals surface area contributed by atoms with Gasteiger partial charge in [-0.05, 0) is 43.0 Å². The Hall–Kier alpha value is -2.18. The lowest BCUT2D eigenvalue weighted by Gasteiger charge is -2.13. The van der Waals surface area contributed by atoms with E-state index >= 15 is 0 Å². The van der Waals surface area contributed by atoms with E-state index in [4.69, 9.17) is 11.6 Å². The molecule has 0 amide bonds. The molecule has 0 N–H and O–H groups in total. The quantitative estimate of drug-likeness (QED) is 0.683. The Morgan fingerprint density at radius 1 is 1.15 bits per heavy atom. The van der Waals surface area contributed by atoms with Crippen molar-refractivity contribution in [1.82, 2.24) is 14.8 Å². The number of hydrogen-bond donors (Lipinski definition) is 0. The fourth-order valence-corrected chi connectivity index (χ4v) is 5.76. The van der Waals surface area contributed by atoms with E-state index in [0.717, 1.165) is 22.3 Å². The summed E-state index contributed by atoms with van der Waals surface area (Å²) in [5, 5.41) is 8.15. The van der Waals surface area contributed by atoms with Gasteiger partial charge in [0.05, 0.1) is 5.25 Å². The van der Waals surface area contributed by atoms with Gasteiger partial charge in [0, 0.05) is 17.6 Å². The molecule has 0 bridgehead atoms. The van der Waals surface area contributed by atoms with Gasteiger partial charge in [-0.15, -0.1) is 10.2 Å². The van der Waals surface area contributed by atoms with Gasteiger partial charge in [0.25, 0.3) is 0 Å². The van der Waals surface area contributed by atoms with Crippen LogP contribution in [-0.4, -0.2) is 23.2 Å². The molecule has 4 rings (SSSR count). The highest BCUT2D eigenvalue weighted by molar-refractivity contribution is 7.91. The molecule has 1 atom stereocenters. The summed E-state index contributed by atoms with van der Waals surface area (Å²) in [6, 6.07) is 13.2. The van der Waals surface area contributed by atoms with Gasteiger partial charge in [-0.25, -0.2) is 8.42 Å². The molecule has 0 spiro atoms. The van der Waals surface area contributed by atoms with E-state index in [1.165, 1.54) is 0 Å². The SMILES string of the molecule is Cc1cccc(-c2nnc(S(=O)(=O)[C@@H]3CCc4c(Cl)cccc43)n2C)c1. The Morgan fingerprint density at radius 3 is 2.69 bits per heavy atom. The molecule has 2 aromatic carbocycles. The third kappa shape index (κ3) is 2.64. The van der Waals surface area contributed by atoms with E-state index in [-0.39, 0.29) is 5.16 Å². The molecule has 26 heavy (non-hydrogen) atoms. The third-order valence-electron chi connectivity index (χ3n) is 4.90. The number of hydrogen-bond acceptors (Lipinski definition) is 4. The van der Waals surface area contributed by atoms with Crippen LogP contribution in [0.4, 0.5) is 0 Å². The first-order chi connectivity index (χ1) is 12.4. The summed E-state index contributed by atoms with van der Waals surface area (Å²) < 4.78 is 28.1. The lowest BCUT2D eigenvalue weighted by molar-refractivity contribution is 0.563. The number of fused-ring (bicyclic) bond motifs is 1. The summed E-state index contributed by atoms with van der Waals surface area (Å²) in [6.07, 6.45) is 1.16. The summed E-state index contributed by atoms with van der Waals surface area (Å²) in [6.45, 7) is 1.98. The van der Waals surface area contributed by atoms with Gasteiger partial charge in [-0.3, -0.25) is 0 Å². The van der Waals surface area contributed by atoms with Crippen LogP contribution in [-0.2, 0) is 23.3 Å². The van der Waals surface area contributed by atoms with E-state index in [1.807, 2.05) is 37.3 Å². The number of aryl methyl sites for hydroxylation is 1. The second-order valence-corrected chi connectivity index (χ2v) is 9.05.